The largest absolute Gasteiger partial charge is 0.508 e. The Morgan fingerprint density at radius 2 is 2.27 bits per heavy atom. The first kappa shape index (κ1) is 8.59. The lowest BCUT2D eigenvalue weighted by atomic mass is 9.93. The zero-order valence-electron chi connectivity index (χ0n) is 8.03. The number of carbonyl (C=O) groups is 1. The summed E-state index contributed by atoms with van der Waals surface area (Å²) in [6.45, 7) is 0.359. The van der Waals surface area contributed by atoms with Crippen LogP contribution in [0.15, 0.2) is 18.2 Å². The maximum Gasteiger partial charge on any atom is 0.306 e. The quantitative estimate of drug-likeness (QED) is 0.650. The second kappa shape index (κ2) is 2.66. The monoisotopic (exact) mass is 206 g/mol. The molecule has 4 heteroatoms. The van der Waals surface area contributed by atoms with Gasteiger partial charge in [0.15, 0.2) is 5.60 Å². The molecule has 2 heterocycles. The highest BCUT2D eigenvalue weighted by molar-refractivity contribution is 5.73. The number of ether oxygens (including phenoxy) is 2. The van der Waals surface area contributed by atoms with E-state index in [2.05, 4.69) is 0 Å². The molecule has 3 rings (SSSR count). The molecule has 1 fully saturated rings. The zero-order valence-corrected chi connectivity index (χ0v) is 8.03. The number of rotatable bonds is 0. The number of esters is 1. The van der Waals surface area contributed by atoms with Crippen LogP contribution in [0, 0.1) is 0 Å². The van der Waals surface area contributed by atoms with Gasteiger partial charge in [0.05, 0.1) is 0 Å². The van der Waals surface area contributed by atoms with Gasteiger partial charge in [0.2, 0.25) is 0 Å². The number of hydrogen-bond acceptors (Lipinski definition) is 4. The van der Waals surface area contributed by atoms with E-state index in [0.29, 0.717) is 25.2 Å². The Morgan fingerprint density at radius 3 is 3.00 bits per heavy atom. The Hall–Kier alpha value is -1.71. The molecule has 1 spiro atoms. The normalized spacial score (nSPS) is 27.6. The van der Waals surface area contributed by atoms with Crippen molar-refractivity contribution in [3.05, 3.63) is 23.8 Å². The summed E-state index contributed by atoms with van der Waals surface area (Å²) < 4.78 is 10.8. The van der Waals surface area contributed by atoms with Gasteiger partial charge in [0, 0.05) is 24.5 Å². The molecular weight excluding hydrogens is 196 g/mol. The molecule has 1 atom stereocenters. The predicted octanol–water partition coefficient (Wildman–Crippen LogP) is 1.32. The number of benzene rings is 1. The van der Waals surface area contributed by atoms with Crippen molar-refractivity contribution in [3.8, 4) is 11.5 Å². The number of hydrogen-bond donors (Lipinski definition) is 1. The van der Waals surface area contributed by atoms with Crippen molar-refractivity contribution in [2.75, 3.05) is 6.61 Å². The van der Waals surface area contributed by atoms with Crippen LogP contribution in [-0.2, 0) is 15.1 Å². The molecule has 0 bridgehead atoms. The van der Waals surface area contributed by atoms with Crippen molar-refractivity contribution in [2.24, 2.45) is 0 Å². The van der Waals surface area contributed by atoms with Crippen LogP contribution in [0.1, 0.15) is 18.4 Å². The number of phenolic OH excluding ortho intramolecular Hbond substituents is 1. The molecule has 0 radical (unpaired) electrons. The van der Waals surface area contributed by atoms with Crippen molar-refractivity contribution in [3.63, 3.8) is 0 Å². The molecule has 0 saturated carbocycles. The minimum Gasteiger partial charge on any atom is -0.508 e. The van der Waals surface area contributed by atoms with Gasteiger partial charge in [-0.05, 0) is 12.1 Å². The van der Waals surface area contributed by atoms with Crippen LogP contribution < -0.4 is 4.74 Å². The van der Waals surface area contributed by atoms with Gasteiger partial charge in [-0.15, -0.1) is 0 Å². The maximum absolute atomic E-state index is 11.2. The highest BCUT2D eigenvalue weighted by Gasteiger charge is 2.48. The molecule has 4 nitrogen and oxygen atoms in total. The van der Waals surface area contributed by atoms with E-state index in [0.717, 1.165) is 5.56 Å². The summed E-state index contributed by atoms with van der Waals surface area (Å²) in [7, 11) is 0. The topological polar surface area (TPSA) is 55.8 Å². The fourth-order valence-electron chi connectivity index (χ4n) is 2.19. The van der Waals surface area contributed by atoms with Crippen molar-refractivity contribution in [1.82, 2.24) is 0 Å². The summed E-state index contributed by atoms with van der Waals surface area (Å²) in [6.07, 6.45) is 1.09. The molecule has 78 valence electrons. The fraction of sp³-hybridized carbons (Fsp3) is 0.364. The lowest BCUT2D eigenvalue weighted by Gasteiger charge is -2.19. The highest BCUT2D eigenvalue weighted by Crippen LogP contribution is 2.47. The zero-order chi connectivity index (χ0) is 10.5. The predicted molar refractivity (Wildman–Crippen MR) is 50.6 cm³/mol. The Labute approximate surface area is 86.4 Å². The van der Waals surface area contributed by atoms with Crippen molar-refractivity contribution < 1.29 is 19.4 Å². The van der Waals surface area contributed by atoms with E-state index in [4.69, 9.17) is 9.47 Å². The van der Waals surface area contributed by atoms with E-state index in [1.807, 2.05) is 0 Å². The molecule has 1 aromatic rings. The number of phenols is 1. The minimum absolute atomic E-state index is 0.162. The molecule has 0 amide bonds. The molecule has 2 aliphatic heterocycles. The highest BCUT2D eigenvalue weighted by atomic mass is 16.6. The first-order valence-electron chi connectivity index (χ1n) is 4.88. The lowest BCUT2D eigenvalue weighted by Crippen LogP contribution is -2.27. The third-order valence-corrected chi connectivity index (χ3v) is 2.96. The van der Waals surface area contributed by atoms with E-state index in [1.165, 1.54) is 0 Å². The summed E-state index contributed by atoms with van der Waals surface area (Å²) in [4.78, 5) is 11.2. The first-order valence-corrected chi connectivity index (χ1v) is 4.88. The molecule has 15 heavy (non-hydrogen) atoms. The summed E-state index contributed by atoms with van der Waals surface area (Å²) in [5.74, 6) is 0.597. The van der Waals surface area contributed by atoms with Crippen LogP contribution in [0.4, 0.5) is 0 Å². The second-order valence-corrected chi connectivity index (χ2v) is 3.94. The Bertz CT molecular complexity index is 440. The van der Waals surface area contributed by atoms with Gasteiger partial charge in [-0.25, -0.2) is 0 Å². The van der Waals surface area contributed by atoms with E-state index < -0.39 is 5.60 Å². The van der Waals surface area contributed by atoms with Crippen LogP contribution in [0.2, 0.25) is 0 Å². The number of carbonyl (C=O) groups excluding carboxylic acids is 1. The number of aromatic hydroxyl groups is 1. The van der Waals surface area contributed by atoms with E-state index in [9.17, 15) is 9.90 Å². The molecule has 1 unspecified atom stereocenters. The second-order valence-electron chi connectivity index (χ2n) is 3.94. The molecule has 2 aliphatic rings. The third kappa shape index (κ3) is 1.11. The Balaban J connectivity index is 2.08. The van der Waals surface area contributed by atoms with Crippen LogP contribution in [0.25, 0.3) is 0 Å². The van der Waals surface area contributed by atoms with Crippen LogP contribution in [-0.4, -0.2) is 17.7 Å². The SMILES string of the molecule is O=C1CCC2(COc3cc(O)ccc32)O1. The van der Waals surface area contributed by atoms with Gasteiger partial charge in [0.25, 0.3) is 0 Å². The molecular formula is C11H10O4. The molecule has 1 saturated heterocycles. The first-order chi connectivity index (χ1) is 7.20. The van der Waals surface area contributed by atoms with Gasteiger partial charge in [-0.3, -0.25) is 4.79 Å². The summed E-state index contributed by atoms with van der Waals surface area (Å²) in [6, 6.07) is 4.90. The van der Waals surface area contributed by atoms with Gasteiger partial charge in [-0.2, -0.15) is 0 Å². The fourth-order valence-corrected chi connectivity index (χ4v) is 2.19. The van der Waals surface area contributed by atoms with Crippen LogP contribution in [0.5, 0.6) is 11.5 Å². The number of fused-ring (bicyclic) bond motifs is 2. The van der Waals surface area contributed by atoms with Gasteiger partial charge >= 0.3 is 5.97 Å². The lowest BCUT2D eigenvalue weighted by molar-refractivity contribution is -0.149. The van der Waals surface area contributed by atoms with Gasteiger partial charge in [-0.1, -0.05) is 0 Å². The van der Waals surface area contributed by atoms with E-state index >= 15 is 0 Å². The Kier molecular flexibility index (Phi) is 1.52. The summed E-state index contributed by atoms with van der Waals surface area (Å²) in [5, 5.41) is 9.29. The third-order valence-electron chi connectivity index (χ3n) is 2.96. The average Bonchev–Trinajstić information content (AvgIpc) is 2.73. The van der Waals surface area contributed by atoms with Gasteiger partial charge in [0.1, 0.15) is 18.1 Å². The van der Waals surface area contributed by atoms with Crippen LogP contribution in [0.3, 0.4) is 0 Å². The van der Waals surface area contributed by atoms with Crippen molar-refractivity contribution in [2.45, 2.75) is 18.4 Å². The molecule has 0 aromatic heterocycles. The van der Waals surface area contributed by atoms with Crippen molar-refractivity contribution >= 4 is 5.97 Å². The van der Waals surface area contributed by atoms with E-state index in [1.54, 1.807) is 18.2 Å². The molecule has 1 N–H and O–H groups in total. The molecule has 1 aromatic carbocycles. The van der Waals surface area contributed by atoms with E-state index in [-0.39, 0.29) is 11.7 Å². The van der Waals surface area contributed by atoms with Crippen molar-refractivity contribution in [1.29, 1.82) is 0 Å². The van der Waals surface area contributed by atoms with Crippen LogP contribution >= 0.6 is 0 Å². The minimum atomic E-state index is -0.597. The summed E-state index contributed by atoms with van der Waals surface area (Å²) >= 11 is 0. The Morgan fingerprint density at radius 1 is 1.40 bits per heavy atom. The average molecular weight is 206 g/mol. The smallest absolute Gasteiger partial charge is 0.306 e. The standard InChI is InChI=1S/C11H10O4/c12-7-1-2-8-9(5-7)14-6-11(8)4-3-10(13)15-11/h1-2,5,12H,3-4,6H2. The summed E-state index contributed by atoms with van der Waals surface area (Å²) in [5.41, 5.74) is 0.270. The molecule has 0 aliphatic carbocycles. The van der Waals surface area contributed by atoms with Gasteiger partial charge < -0.3 is 14.6 Å². The maximum atomic E-state index is 11.2.